The number of rotatable bonds is 2. The number of nitriles is 1. The molecule has 1 heterocycles. The Balaban J connectivity index is 2.33. The van der Waals surface area contributed by atoms with Crippen LogP contribution in [-0.4, -0.2) is 41.6 Å². The quantitative estimate of drug-likeness (QED) is 0.820. The highest BCUT2D eigenvalue weighted by molar-refractivity contribution is 5.78. The molecule has 0 aromatic carbocycles. The molecule has 1 N–H and O–H groups in total. The van der Waals surface area contributed by atoms with E-state index in [0.29, 0.717) is 25.9 Å². The molecule has 0 spiro atoms. The van der Waals surface area contributed by atoms with E-state index in [1.807, 2.05) is 26.8 Å². The second-order valence-corrected chi connectivity index (χ2v) is 5.64. The summed E-state index contributed by atoms with van der Waals surface area (Å²) in [6.07, 6.45) is 0.881. The van der Waals surface area contributed by atoms with Crippen molar-refractivity contribution < 1.29 is 14.3 Å². The highest BCUT2D eigenvalue weighted by atomic mass is 16.6. The van der Waals surface area contributed by atoms with Gasteiger partial charge in [0.2, 0.25) is 5.91 Å². The van der Waals surface area contributed by atoms with E-state index in [1.165, 1.54) is 0 Å². The Morgan fingerprint density at radius 2 is 1.95 bits per heavy atom. The molecule has 0 bridgehead atoms. The van der Waals surface area contributed by atoms with Gasteiger partial charge in [0.25, 0.3) is 0 Å². The van der Waals surface area contributed by atoms with Gasteiger partial charge in [-0.1, -0.05) is 0 Å². The lowest BCUT2D eigenvalue weighted by Crippen LogP contribution is -2.47. The van der Waals surface area contributed by atoms with E-state index in [-0.39, 0.29) is 18.4 Å². The van der Waals surface area contributed by atoms with Gasteiger partial charge >= 0.3 is 6.09 Å². The Labute approximate surface area is 113 Å². The van der Waals surface area contributed by atoms with Gasteiger partial charge in [-0.05, 0) is 33.6 Å². The average molecular weight is 267 g/mol. The normalized spacial score (nSPS) is 16.6. The molecule has 1 aliphatic heterocycles. The molecule has 1 saturated heterocycles. The minimum absolute atomic E-state index is 0.0287. The Kier molecular flexibility index (Phi) is 5.16. The van der Waals surface area contributed by atoms with Crippen LogP contribution in [-0.2, 0) is 9.53 Å². The number of carbonyl (C=O) groups is 2. The van der Waals surface area contributed by atoms with Crippen molar-refractivity contribution in [3.63, 3.8) is 0 Å². The van der Waals surface area contributed by atoms with Gasteiger partial charge in [0.1, 0.15) is 12.0 Å². The lowest BCUT2D eigenvalue weighted by molar-refractivity contribution is -0.131. The highest BCUT2D eigenvalue weighted by Gasteiger charge is 2.25. The molecule has 6 nitrogen and oxygen atoms in total. The summed E-state index contributed by atoms with van der Waals surface area (Å²) in [4.78, 5) is 24.8. The van der Waals surface area contributed by atoms with Crippen LogP contribution in [0.25, 0.3) is 0 Å². The third kappa shape index (κ3) is 5.60. The number of nitrogens with zero attached hydrogens (tertiary/aromatic N) is 2. The molecule has 0 atom stereocenters. The van der Waals surface area contributed by atoms with E-state index < -0.39 is 11.7 Å². The number of amides is 2. The van der Waals surface area contributed by atoms with Crippen LogP contribution in [0.5, 0.6) is 0 Å². The second-order valence-electron chi connectivity index (χ2n) is 5.64. The standard InChI is InChI=1S/C13H21N3O3/c1-13(2,3)19-12(18)15-10-5-8-16(9-6-10)11(17)4-7-14/h10H,4-6,8-9H2,1-3H3,(H,15,18). The lowest BCUT2D eigenvalue weighted by Gasteiger charge is -2.32. The fourth-order valence-electron chi connectivity index (χ4n) is 1.93. The minimum atomic E-state index is -0.506. The molecule has 106 valence electrons. The number of nitrogens with one attached hydrogen (secondary N) is 1. The monoisotopic (exact) mass is 267 g/mol. The maximum atomic E-state index is 11.6. The summed E-state index contributed by atoms with van der Waals surface area (Å²) in [6, 6.07) is 1.88. The topological polar surface area (TPSA) is 82.4 Å². The molecule has 1 rings (SSSR count). The summed E-state index contributed by atoms with van der Waals surface area (Å²) in [5.74, 6) is -0.141. The maximum absolute atomic E-state index is 11.6. The number of alkyl carbamates (subject to hydrolysis) is 1. The number of hydrogen-bond donors (Lipinski definition) is 1. The molecule has 0 radical (unpaired) electrons. The lowest BCUT2D eigenvalue weighted by atomic mass is 10.1. The molecule has 1 aliphatic rings. The Bertz CT molecular complexity index is 374. The van der Waals surface area contributed by atoms with Gasteiger partial charge in [-0.25, -0.2) is 4.79 Å². The van der Waals surface area contributed by atoms with Crippen molar-refractivity contribution in [1.82, 2.24) is 10.2 Å². The van der Waals surface area contributed by atoms with Crippen LogP contribution >= 0.6 is 0 Å². The first-order valence-corrected chi connectivity index (χ1v) is 6.46. The zero-order valence-electron chi connectivity index (χ0n) is 11.7. The summed E-state index contributed by atoms with van der Waals surface area (Å²) in [6.45, 7) is 6.59. The zero-order valence-corrected chi connectivity index (χ0v) is 11.7. The Morgan fingerprint density at radius 1 is 1.37 bits per heavy atom. The van der Waals surface area contributed by atoms with E-state index in [2.05, 4.69) is 5.32 Å². The van der Waals surface area contributed by atoms with Crippen molar-refractivity contribution in [2.45, 2.75) is 51.7 Å². The molecular weight excluding hydrogens is 246 g/mol. The van der Waals surface area contributed by atoms with Gasteiger partial charge in [0, 0.05) is 19.1 Å². The predicted molar refractivity (Wildman–Crippen MR) is 69.2 cm³/mol. The van der Waals surface area contributed by atoms with Crippen molar-refractivity contribution in [1.29, 1.82) is 5.26 Å². The highest BCUT2D eigenvalue weighted by Crippen LogP contribution is 2.13. The van der Waals surface area contributed by atoms with Gasteiger partial charge in [-0.2, -0.15) is 5.26 Å². The van der Waals surface area contributed by atoms with Crippen LogP contribution in [0, 0.1) is 11.3 Å². The first kappa shape index (κ1) is 15.3. The van der Waals surface area contributed by atoms with E-state index in [1.54, 1.807) is 4.90 Å². The predicted octanol–water partition coefficient (Wildman–Crippen LogP) is 1.42. The van der Waals surface area contributed by atoms with Crippen molar-refractivity contribution in [2.24, 2.45) is 0 Å². The molecule has 1 fully saturated rings. The zero-order chi connectivity index (χ0) is 14.5. The van der Waals surface area contributed by atoms with Gasteiger partial charge in [0.15, 0.2) is 0 Å². The number of carbonyl (C=O) groups excluding carboxylic acids is 2. The third-order valence-corrected chi connectivity index (χ3v) is 2.80. The van der Waals surface area contributed by atoms with Crippen molar-refractivity contribution in [2.75, 3.05) is 13.1 Å². The SMILES string of the molecule is CC(C)(C)OC(=O)NC1CCN(C(=O)CC#N)CC1. The van der Waals surface area contributed by atoms with Gasteiger partial charge in [-0.3, -0.25) is 4.79 Å². The van der Waals surface area contributed by atoms with E-state index in [4.69, 9.17) is 10.00 Å². The number of ether oxygens (including phenoxy) is 1. The van der Waals surface area contributed by atoms with Crippen LogP contribution in [0.1, 0.15) is 40.0 Å². The molecule has 0 aromatic heterocycles. The maximum Gasteiger partial charge on any atom is 0.407 e. The molecule has 2 amide bonds. The second kappa shape index (κ2) is 6.41. The number of likely N-dealkylation sites (tertiary alicyclic amines) is 1. The minimum Gasteiger partial charge on any atom is -0.444 e. The molecule has 0 aliphatic carbocycles. The first-order chi connectivity index (χ1) is 8.81. The average Bonchev–Trinajstić information content (AvgIpc) is 2.27. The fourth-order valence-corrected chi connectivity index (χ4v) is 1.93. The van der Waals surface area contributed by atoms with E-state index in [0.717, 1.165) is 0 Å². The van der Waals surface area contributed by atoms with Gasteiger partial charge in [-0.15, -0.1) is 0 Å². The molecule has 0 saturated carbocycles. The summed E-state index contributed by atoms with van der Waals surface area (Å²) < 4.78 is 5.18. The van der Waals surface area contributed by atoms with E-state index >= 15 is 0 Å². The summed E-state index contributed by atoms with van der Waals surface area (Å²) in [5.41, 5.74) is -0.506. The molecule has 6 heteroatoms. The Morgan fingerprint density at radius 3 is 2.42 bits per heavy atom. The molecule has 0 unspecified atom stereocenters. The third-order valence-electron chi connectivity index (χ3n) is 2.80. The summed E-state index contributed by atoms with van der Waals surface area (Å²) in [5, 5.41) is 11.3. The van der Waals surface area contributed by atoms with E-state index in [9.17, 15) is 9.59 Å². The first-order valence-electron chi connectivity index (χ1n) is 6.46. The smallest absolute Gasteiger partial charge is 0.407 e. The largest absolute Gasteiger partial charge is 0.444 e. The summed E-state index contributed by atoms with van der Waals surface area (Å²) in [7, 11) is 0. The van der Waals surface area contributed by atoms with Crippen molar-refractivity contribution in [3.05, 3.63) is 0 Å². The summed E-state index contributed by atoms with van der Waals surface area (Å²) >= 11 is 0. The number of piperidine rings is 1. The van der Waals surface area contributed by atoms with Gasteiger partial charge in [0.05, 0.1) is 6.07 Å². The van der Waals surface area contributed by atoms with Crippen LogP contribution in [0.15, 0.2) is 0 Å². The number of hydrogen-bond acceptors (Lipinski definition) is 4. The van der Waals surface area contributed by atoms with Crippen molar-refractivity contribution in [3.8, 4) is 6.07 Å². The van der Waals surface area contributed by atoms with Crippen LogP contribution < -0.4 is 5.32 Å². The van der Waals surface area contributed by atoms with Crippen LogP contribution in [0.4, 0.5) is 4.79 Å². The van der Waals surface area contributed by atoms with Crippen LogP contribution in [0.2, 0.25) is 0 Å². The molecule has 19 heavy (non-hydrogen) atoms. The molecular formula is C13H21N3O3. The van der Waals surface area contributed by atoms with Crippen molar-refractivity contribution >= 4 is 12.0 Å². The Hall–Kier alpha value is -1.77. The fraction of sp³-hybridized carbons (Fsp3) is 0.769. The molecule has 0 aromatic rings. The van der Waals surface area contributed by atoms with Crippen LogP contribution in [0.3, 0.4) is 0 Å². The van der Waals surface area contributed by atoms with Gasteiger partial charge < -0.3 is 15.0 Å².